The molecule has 4 rings (SSSR count). The minimum absolute atomic E-state index is 0.0327. The lowest BCUT2D eigenvalue weighted by Gasteiger charge is -2.35. The summed E-state index contributed by atoms with van der Waals surface area (Å²) >= 11 is 0. The molecule has 2 aliphatic heterocycles. The Balaban J connectivity index is 1.42. The van der Waals surface area contributed by atoms with Crippen molar-refractivity contribution in [3.63, 3.8) is 0 Å². The molecule has 11 nitrogen and oxygen atoms in total. The van der Waals surface area contributed by atoms with Gasteiger partial charge >= 0.3 is 0 Å². The van der Waals surface area contributed by atoms with Crippen molar-refractivity contribution in [1.82, 2.24) is 20.9 Å². The highest BCUT2D eigenvalue weighted by atomic mass is 16.5. The molecule has 11 heteroatoms. The van der Waals surface area contributed by atoms with Gasteiger partial charge < -0.3 is 31.3 Å². The van der Waals surface area contributed by atoms with E-state index in [-0.39, 0.29) is 31.3 Å². The fourth-order valence-electron chi connectivity index (χ4n) is 5.76. The summed E-state index contributed by atoms with van der Waals surface area (Å²) in [4.78, 5) is 66.4. The van der Waals surface area contributed by atoms with Crippen LogP contribution in [0.1, 0.15) is 62.5 Å². The van der Waals surface area contributed by atoms with Crippen LogP contribution in [0.4, 0.5) is 0 Å². The third-order valence-corrected chi connectivity index (χ3v) is 8.12. The summed E-state index contributed by atoms with van der Waals surface area (Å²) in [5.74, 6) is -1.49. The zero-order valence-corrected chi connectivity index (χ0v) is 25.0. The van der Waals surface area contributed by atoms with E-state index in [1.54, 1.807) is 30.2 Å². The van der Waals surface area contributed by atoms with Crippen molar-refractivity contribution < 1.29 is 28.7 Å². The van der Waals surface area contributed by atoms with Gasteiger partial charge in [-0.25, -0.2) is 0 Å². The van der Waals surface area contributed by atoms with E-state index < -0.39 is 41.8 Å². The minimum Gasteiger partial charge on any atom is -0.497 e. The van der Waals surface area contributed by atoms with Gasteiger partial charge in [-0.2, -0.15) is 0 Å². The molecule has 0 aliphatic carbocycles. The van der Waals surface area contributed by atoms with Gasteiger partial charge in [0.05, 0.1) is 7.11 Å². The van der Waals surface area contributed by atoms with Crippen molar-refractivity contribution in [3.8, 4) is 5.75 Å². The number of carbonyl (C=O) groups is 5. The molecule has 2 aliphatic rings. The van der Waals surface area contributed by atoms with Crippen LogP contribution in [-0.2, 0) is 30.5 Å². The summed E-state index contributed by atoms with van der Waals surface area (Å²) in [6, 6.07) is 13.8. The Morgan fingerprint density at radius 3 is 2.43 bits per heavy atom. The van der Waals surface area contributed by atoms with Gasteiger partial charge in [0.25, 0.3) is 0 Å². The molecule has 0 radical (unpaired) electrons. The van der Waals surface area contributed by atoms with Crippen LogP contribution in [-0.4, -0.2) is 65.7 Å². The zero-order chi connectivity index (χ0) is 31.5. The summed E-state index contributed by atoms with van der Waals surface area (Å²) in [6.07, 6.45) is 6.93. The fourth-order valence-corrected chi connectivity index (χ4v) is 5.76. The number of benzene rings is 2. The molecular formula is C33H41N5O6. The second-order valence-electron chi connectivity index (χ2n) is 11.2. The molecule has 2 aromatic carbocycles. The third-order valence-electron chi connectivity index (χ3n) is 8.12. The van der Waals surface area contributed by atoms with Crippen LogP contribution in [0.15, 0.2) is 60.7 Å². The summed E-state index contributed by atoms with van der Waals surface area (Å²) < 4.78 is 5.16. The van der Waals surface area contributed by atoms with Gasteiger partial charge in [0, 0.05) is 25.1 Å². The van der Waals surface area contributed by atoms with E-state index in [4.69, 9.17) is 10.5 Å². The highest BCUT2D eigenvalue weighted by Gasteiger charge is 2.44. The molecule has 0 spiro atoms. The largest absolute Gasteiger partial charge is 0.497 e. The number of amides is 5. The van der Waals surface area contributed by atoms with E-state index in [2.05, 4.69) is 16.0 Å². The first-order valence-electron chi connectivity index (χ1n) is 15.1. The first-order valence-corrected chi connectivity index (χ1v) is 15.1. The van der Waals surface area contributed by atoms with Gasteiger partial charge in [-0.05, 0) is 61.4 Å². The lowest BCUT2D eigenvalue weighted by Crippen LogP contribution is -2.58. The maximum Gasteiger partial charge on any atom is 0.246 e. The predicted molar refractivity (Wildman–Crippen MR) is 165 cm³/mol. The number of rotatable bonds is 12. The van der Waals surface area contributed by atoms with Crippen LogP contribution in [0.3, 0.4) is 0 Å². The summed E-state index contributed by atoms with van der Waals surface area (Å²) in [5.41, 5.74) is 7.03. The van der Waals surface area contributed by atoms with Gasteiger partial charge in [0.15, 0.2) is 0 Å². The number of carbonyl (C=O) groups excluding carboxylic acids is 5. The molecule has 2 fully saturated rings. The van der Waals surface area contributed by atoms with E-state index in [1.165, 1.54) is 6.08 Å². The van der Waals surface area contributed by atoms with Crippen LogP contribution < -0.4 is 26.4 Å². The molecule has 5 amide bonds. The Morgan fingerprint density at radius 2 is 1.73 bits per heavy atom. The summed E-state index contributed by atoms with van der Waals surface area (Å²) in [7, 11) is 1.58. The molecular weight excluding hydrogens is 562 g/mol. The van der Waals surface area contributed by atoms with Crippen molar-refractivity contribution in [1.29, 1.82) is 0 Å². The lowest BCUT2D eigenvalue weighted by atomic mass is 9.99. The van der Waals surface area contributed by atoms with Gasteiger partial charge in [-0.15, -0.1) is 0 Å². The smallest absolute Gasteiger partial charge is 0.246 e. The Hall–Kier alpha value is -4.67. The molecule has 4 atom stereocenters. The quantitative estimate of drug-likeness (QED) is 0.272. The maximum absolute atomic E-state index is 13.8. The fraction of sp³-hybridized carbons (Fsp3) is 0.424. The highest BCUT2D eigenvalue weighted by Crippen LogP contribution is 2.31. The van der Waals surface area contributed by atoms with Gasteiger partial charge in [0.2, 0.25) is 29.5 Å². The average Bonchev–Trinajstić information content (AvgIpc) is 3.45. The van der Waals surface area contributed by atoms with E-state index in [0.717, 1.165) is 30.4 Å². The van der Waals surface area contributed by atoms with E-state index in [0.29, 0.717) is 25.0 Å². The highest BCUT2D eigenvalue weighted by molar-refractivity contribution is 5.98. The molecule has 0 aromatic heterocycles. The monoisotopic (exact) mass is 603 g/mol. The third kappa shape index (κ3) is 8.92. The van der Waals surface area contributed by atoms with Crippen LogP contribution in [0.2, 0.25) is 0 Å². The van der Waals surface area contributed by atoms with E-state index in [1.807, 2.05) is 42.5 Å². The van der Waals surface area contributed by atoms with Crippen molar-refractivity contribution in [3.05, 3.63) is 71.8 Å². The molecule has 0 bridgehead atoms. The average molecular weight is 604 g/mol. The molecule has 2 heterocycles. The molecule has 5 N–H and O–H groups in total. The van der Waals surface area contributed by atoms with Crippen LogP contribution in [0, 0.1) is 0 Å². The predicted octanol–water partition coefficient (Wildman–Crippen LogP) is 2.19. The van der Waals surface area contributed by atoms with Gasteiger partial charge in [0.1, 0.15) is 23.9 Å². The second kappa shape index (κ2) is 15.7. The first-order chi connectivity index (χ1) is 21.2. The number of nitrogens with two attached hydrogens (primary N) is 1. The molecule has 2 aromatic rings. The number of fused-ring (bicyclic) bond motifs is 1. The topological polar surface area (TPSA) is 160 Å². The Bertz CT molecular complexity index is 1350. The van der Waals surface area contributed by atoms with Gasteiger partial charge in [-0.3, -0.25) is 24.0 Å². The van der Waals surface area contributed by atoms with Crippen molar-refractivity contribution in [2.24, 2.45) is 5.73 Å². The SMILES string of the molecule is COc1ccc(/C=C/C(=O)N[C@H]2CCCCC3CC[C@@H](C(=O)N[C@@H](CCC(N)=O)C(=O)NCc4ccccc4)N3C2=O)cc1. The van der Waals surface area contributed by atoms with Crippen LogP contribution in [0.25, 0.3) is 6.08 Å². The zero-order valence-electron chi connectivity index (χ0n) is 25.0. The molecule has 1 unspecified atom stereocenters. The van der Waals surface area contributed by atoms with E-state index in [9.17, 15) is 24.0 Å². The number of primary amides is 1. The summed E-state index contributed by atoms with van der Waals surface area (Å²) in [5, 5.41) is 8.43. The normalized spacial score (nSPS) is 20.6. The molecule has 44 heavy (non-hydrogen) atoms. The van der Waals surface area contributed by atoms with Crippen molar-refractivity contribution in [2.45, 2.75) is 82.1 Å². The lowest BCUT2D eigenvalue weighted by molar-refractivity contribution is -0.144. The maximum atomic E-state index is 13.8. The van der Waals surface area contributed by atoms with Crippen molar-refractivity contribution >= 4 is 35.6 Å². The molecule has 234 valence electrons. The van der Waals surface area contributed by atoms with E-state index >= 15 is 0 Å². The van der Waals surface area contributed by atoms with Crippen molar-refractivity contribution in [2.75, 3.05) is 7.11 Å². The Kier molecular flexibility index (Phi) is 11.5. The first kappa shape index (κ1) is 32.2. The second-order valence-corrected chi connectivity index (χ2v) is 11.2. The summed E-state index contributed by atoms with van der Waals surface area (Å²) in [6.45, 7) is 0.257. The molecule has 0 saturated carbocycles. The van der Waals surface area contributed by atoms with Gasteiger partial charge in [-0.1, -0.05) is 55.3 Å². The number of ether oxygens (including phenoxy) is 1. The van der Waals surface area contributed by atoms with Crippen LogP contribution in [0.5, 0.6) is 5.75 Å². The molecule has 2 saturated heterocycles. The number of hydrogen-bond acceptors (Lipinski definition) is 6. The number of nitrogens with one attached hydrogen (secondary N) is 3. The standard InChI is InChI=1S/C33H41N5O6/c1-44-25-15-11-22(12-16-25)13-20-30(40)36-27-10-6-5-9-24-14-18-28(38(24)33(27)43)32(42)37-26(17-19-29(34)39)31(41)35-21-23-7-3-2-4-8-23/h2-4,7-8,11-13,15-16,20,24,26-28H,5-6,9-10,14,17-19,21H2,1H3,(H2,34,39)(H,35,41)(H,36,40)(H,37,42)/b20-13+/t24?,26-,27-,28-/m0/s1. The Labute approximate surface area is 257 Å². The number of nitrogens with zero attached hydrogens (tertiary/aromatic N) is 1. The van der Waals surface area contributed by atoms with Crippen LogP contribution >= 0.6 is 0 Å². The number of methoxy groups -OCH3 is 1. The Morgan fingerprint density at radius 1 is 1.00 bits per heavy atom. The minimum atomic E-state index is -0.999. The number of hydrogen-bond donors (Lipinski definition) is 4.